The van der Waals surface area contributed by atoms with E-state index in [1.165, 1.54) is 12.1 Å². The van der Waals surface area contributed by atoms with Crippen LogP contribution in [0.4, 0.5) is 0 Å². The van der Waals surface area contributed by atoms with E-state index in [-0.39, 0.29) is 22.8 Å². The van der Waals surface area contributed by atoms with E-state index < -0.39 is 23.9 Å². The summed E-state index contributed by atoms with van der Waals surface area (Å²) in [4.78, 5) is 36.6. The van der Waals surface area contributed by atoms with Crippen LogP contribution in [0.5, 0.6) is 0 Å². The molecule has 3 aromatic rings. The lowest BCUT2D eigenvalue weighted by atomic mass is 10.0. The van der Waals surface area contributed by atoms with Gasteiger partial charge in [0.15, 0.2) is 12.0 Å². The molecular weight excluding hydrogens is 394 g/mol. The van der Waals surface area contributed by atoms with E-state index in [1.54, 1.807) is 6.07 Å². The highest BCUT2D eigenvalue weighted by Gasteiger charge is 2.18. The number of benzene rings is 2. The molecule has 1 aromatic heterocycles. The fourth-order valence-electron chi connectivity index (χ4n) is 2.89. The molecule has 0 saturated heterocycles. The van der Waals surface area contributed by atoms with Gasteiger partial charge in [0.05, 0.1) is 11.4 Å². The molecule has 1 amide bonds. The second kappa shape index (κ2) is 8.92. The Bertz CT molecular complexity index is 1100. The maximum atomic E-state index is 12.2. The summed E-state index contributed by atoms with van der Waals surface area (Å²) in [5.74, 6) is -1.61. The van der Waals surface area contributed by atoms with E-state index in [1.807, 2.05) is 38.1 Å². The molecule has 29 heavy (non-hydrogen) atoms. The normalized spacial score (nSPS) is 11.8. The molecule has 0 bridgehead atoms. The number of esters is 1. The lowest BCUT2D eigenvalue weighted by molar-refractivity contribution is -0.125. The van der Waals surface area contributed by atoms with Gasteiger partial charge in [-0.1, -0.05) is 48.4 Å². The van der Waals surface area contributed by atoms with Crippen molar-refractivity contribution < 1.29 is 18.7 Å². The second-order valence-corrected chi connectivity index (χ2v) is 7.07. The highest BCUT2D eigenvalue weighted by Crippen LogP contribution is 2.19. The molecule has 6 nitrogen and oxygen atoms in total. The average Bonchev–Trinajstić information content (AvgIpc) is 2.71. The van der Waals surface area contributed by atoms with Gasteiger partial charge in [-0.3, -0.25) is 9.59 Å². The molecule has 0 aliphatic carbocycles. The minimum Gasteiger partial charge on any atom is -0.450 e. The average molecular weight is 414 g/mol. The van der Waals surface area contributed by atoms with Gasteiger partial charge in [0.2, 0.25) is 5.76 Å². The molecular formula is C22H20ClNO5. The van der Waals surface area contributed by atoms with Crippen LogP contribution in [-0.4, -0.2) is 18.5 Å². The van der Waals surface area contributed by atoms with Gasteiger partial charge in [-0.15, -0.1) is 0 Å². The third-order valence-corrected chi connectivity index (χ3v) is 4.68. The summed E-state index contributed by atoms with van der Waals surface area (Å²) in [6.45, 7) is 3.46. The lowest BCUT2D eigenvalue weighted by Gasteiger charge is -2.17. The monoisotopic (exact) mass is 413 g/mol. The smallest absolute Gasteiger partial charge is 0.374 e. The van der Waals surface area contributed by atoms with Crippen LogP contribution in [0.2, 0.25) is 5.02 Å². The van der Waals surface area contributed by atoms with Gasteiger partial charge in [0, 0.05) is 11.1 Å². The number of carbonyl (C=O) groups excluding carboxylic acids is 2. The summed E-state index contributed by atoms with van der Waals surface area (Å²) in [5.41, 5.74) is 1.89. The van der Waals surface area contributed by atoms with Crippen LogP contribution in [0.3, 0.4) is 0 Å². The number of aryl methyl sites for hydroxylation is 1. The number of hydrogen-bond acceptors (Lipinski definition) is 5. The van der Waals surface area contributed by atoms with Gasteiger partial charge < -0.3 is 14.5 Å². The Balaban J connectivity index is 1.64. The van der Waals surface area contributed by atoms with Crippen molar-refractivity contribution in [1.82, 2.24) is 5.32 Å². The van der Waals surface area contributed by atoms with Crippen LogP contribution < -0.4 is 10.7 Å². The Morgan fingerprint density at radius 2 is 1.86 bits per heavy atom. The van der Waals surface area contributed by atoms with Crippen molar-refractivity contribution in [2.75, 3.05) is 6.61 Å². The van der Waals surface area contributed by atoms with Gasteiger partial charge in [0.1, 0.15) is 5.58 Å². The summed E-state index contributed by atoms with van der Waals surface area (Å²) >= 11 is 5.87. The number of fused-ring (bicyclic) bond motifs is 1. The highest BCUT2D eigenvalue weighted by atomic mass is 35.5. The van der Waals surface area contributed by atoms with Crippen molar-refractivity contribution in [2.45, 2.75) is 26.3 Å². The SMILES string of the molecule is CC[C@@H](NC(=O)COC(=O)c1cc(=O)c2cc(Cl)ccc2o1)c1ccc(C)cc1. The number of ether oxygens (including phenoxy) is 1. The number of nitrogens with one attached hydrogen (secondary N) is 1. The van der Waals surface area contributed by atoms with Gasteiger partial charge in [-0.05, 0) is 37.1 Å². The Hall–Kier alpha value is -3.12. The first kappa shape index (κ1) is 20.6. The molecule has 2 aromatic carbocycles. The largest absolute Gasteiger partial charge is 0.450 e. The van der Waals surface area contributed by atoms with E-state index in [2.05, 4.69) is 5.32 Å². The predicted octanol–water partition coefficient (Wildman–Crippen LogP) is 4.18. The molecule has 0 fully saturated rings. The third kappa shape index (κ3) is 5.03. The molecule has 0 aliphatic rings. The summed E-state index contributed by atoms with van der Waals surface area (Å²) < 4.78 is 10.4. The molecule has 7 heteroatoms. The maximum Gasteiger partial charge on any atom is 0.374 e. The summed E-state index contributed by atoms with van der Waals surface area (Å²) in [5, 5.41) is 3.48. The summed E-state index contributed by atoms with van der Waals surface area (Å²) in [6.07, 6.45) is 0.685. The van der Waals surface area contributed by atoms with E-state index in [0.29, 0.717) is 11.4 Å². The predicted molar refractivity (Wildman–Crippen MR) is 110 cm³/mol. The maximum absolute atomic E-state index is 12.2. The first-order chi connectivity index (χ1) is 13.9. The first-order valence-electron chi connectivity index (χ1n) is 9.14. The standard InChI is InChI=1S/C22H20ClNO5/c1-3-17(14-6-4-13(2)5-7-14)24-21(26)12-28-22(27)20-11-18(25)16-10-15(23)8-9-19(16)29-20/h4-11,17H,3,12H2,1-2H3,(H,24,26)/t17-/m1/s1. The van der Waals surface area contributed by atoms with Gasteiger partial charge in [-0.2, -0.15) is 0 Å². The van der Waals surface area contributed by atoms with Crippen LogP contribution in [0.1, 0.15) is 41.1 Å². The Morgan fingerprint density at radius 1 is 1.14 bits per heavy atom. The number of amides is 1. The van der Waals surface area contributed by atoms with Crippen molar-refractivity contribution >= 4 is 34.4 Å². The van der Waals surface area contributed by atoms with Crippen molar-refractivity contribution in [1.29, 1.82) is 0 Å². The molecule has 0 saturated carbocycles. The van der Waals surface area contributed by atoms with E-state index in [4.69, 9.17) is 20.8 Å². The van der Waals surface area contributed by atoms with Crippen LogP contribution in [-0.2, 0) is 9.53 Å². The lowest BCUT2D eigenvalue weighted by Crippen LogP contribution is -2.32. The van der Waals surface area contributed by atoms with Crippen LogP contribution in [0.15, 0.2) is 57.7 Å². The quantitative estimate of drug-likeness (QED) is 0.613. The van der Waals surface area contributed by atoms with Crippen molar-refractivity contribution in [3.8, 4) is 0 Å². The molecule has 0 spiro atoms. The fourth-order valence-corrected chi connectivity index (χ4v) is 3.06. The highest BCUT2D eigenvalue weighted by molar-refractivity contribution is 6.31. The first-order valence-corrected chi connectivity index (χ1v) is 9.51. The molecule has 3 rings (SSSR count). The summed E-state index contributed by atoms with van der Waals surface area (Å²) in [6, 6.07) is 13.2. The molecule has 0 unspecified atom stereocenters. The fraction of sp³-hybridized carbons (Fsp3) is 0.227. The minimum atomic E-state index is -0.891. The van der Waals surface area contributed by atoms with Gasteiger partial charge >= 0.3 is 5.97 Å². The Morgan fingerprint density at radius 3 is 2.55 bits per heavy atom. The van der Waals surface area contributed by atoms with E-state index >= 15 is 0 Å². The minimum absolute atomic E-state index is 0.190. The zero-order valence-corrected chi connectivity index (χ0v) is 16.8. The topological polar surface area (TPSA) is 85.6 Å². The summed E-state index contributed by atoms with van der Waals surface area (Å²) in [7, 11) is 0. The van der Waals surface area contributed by atoms with Crippen LogP contribution >= 0.6 is 11.6 Å². The van der Waals surface area contributed by atoms with Crippen molar-refractivity contribution in [3.05, 3.63) is 80.7 Å². The van der Waals surface area contributed by atoms with Crippen molar-refractivity contribution in [3.63, 3.8) is 0 Å². The Kier molecular flexibility index (Phi) is 6.34. The second-order valence-electron chi connectivity index (χ2n) is 6.63. The van der Waals surface area contributed by atoms with Crippen molar-refractivity contribution in [2.24, 2.45) is 0 Å². The molecule has 0 radical (unpaired) electrons. The zero-order chi connectivity index (χ0) is 21.0. The molecule has 0 aliphatic heterocycles. The van der Waals surface area contributed by atoms with Gasteiger partial charge in [0.25, 0.3) is 5.91 Å². The molecule has 1 heterocycles. The van der Waals surface area contributed by atoms with Crippen LogP contribution in [0, 0.1) is 6.92 Å². The number of rotatable bonds is 6. The third-order valence-electron chi connectivity index (χ3n) is 4.45. The Labute approximate surface area is 172 Å². The van der Waals surface area contributed by atoms with Gasteiger partial charge in [-0.25, -0.2) is 4.79 Å². The van der Waals surface area contributed by atoms with E-state index in [9.17, 15) is 14.4 Å². The number of halogens is 1. The number of hydrogen-bond donors (Lipinski definition) is 1. The molecule has 150 valence electrons. The number of carbonyl (C=O) groups is 2. The molecule has 1 N–H and O–H groups in total. The zero-order valence-electron chi connectivity index (χ0n) is 16.0. The van der Waals surface area contributed by atoms with Crippen LogP contribution in [0.25, 0.3) is 11.0 Å². The van der Waals surface area contributed by atoms with E-state index in [0.717, 1.165) is 17.2 Å². The molecule has 1 atom stereocenters.